The third-order valence-corrected chi connectivity index (χ3v) is 4.70. The molecule has 0 spiro atoms. The molecule has 0 N–H and O–H groups in total. The average molecular weight is 410 g/mol. The van der Waals surface area contributed by atoms with Crippen molar-refractivity contribution in [2.75, 3.05) is 18.5 Å². The van der Waals surface area contributed by atoms with Crippen molar-refractivity contribution in [3.8, 4) is 0 Å². The molecular formula is C12H19AuFP. The van der Waals surface area contributed by atoms with E-state index in [0.717, 1.165) is 0 Å². The minimum Gasteiger partial charge on any atom is -0.236 e. The summed E-state index contributed by atoms with van der Waals surface area (Å²) in [6, 6.07) is 8.49. The van der Waals surface area contributed by atoms with Crippen molar-refractivity contribution in [1.82, 2.24) is 0 Å². The monoisotopic (exact) mass is 410 g/mol. The van der Waals surface area contributed by atoms with Gasteiger partial charge in [-0.25, -0.2) is 4.39 Å². The molecule has 1 rings (SSSR count). The molecule has 0 amide bonds. The van der Waals surface area contributed by atoms with Gasteiger partial charge in [-0.1, -0.05) is 20.8 Å². The van der Waals surface area contributed by atoms with Crippen LogP contribution in [-0.4, -0.2) is 18.5 Å². The smallest absolute Gasteiger partial charge is 0.236 e. The SMILES string of the molecule is CCP(CC)CC.Fc1cc[c-]cc1.[Au+]. The Morgan fingerprint density at radius 3 is 1.60 bits per heavy atom. The normalized spacial score (nSPS) is 8.87. The molecule has 0 aliphatic carbocycles. The van der Waals surface area contributed by atoms with Crippen LogP contribution in [0.3, 0.4) is 0 Å². The standard InChI is InChI=1S/C6H4F.C6H15P.Au/c7-6-4-2-1-3-5-6;1-4-7(5-2)6-3;/h2-5H;4-6H2,1-3H3;/q-1;;+1. The van der Waals surface area contributed by atoms with Crippen LogP contribution in [0.4, 0.5) is 4.39 Å². The summed E-state index contributed by atoms with van der Waals surface area (Å²) in [6.07, 6.45) is 4.26. The van der Waals surface area contributed by atoms with E-state index < -0.39 is 0 Å². The van der Waals surface area contributed by atoms with Crippen LogP contribution in [0.1, 0.15) is 20.8 Å². The molecule has 0 unspecified atom stereocenters. The van der Waals surface area contributed by atoms with E-state index in [4.69, 9.17) is 0 Å². The van der Waals surface area contributed by atoms with Crippen molar-refractivity contribution in [2.45, 2.75) is 20.8 Å². The van der Waals surface area contributed by atoms with Gasteiger partial charge in [0.05, 0.1) is 0 Å². The van der Waals surface area contributed by atoms with E-state index >= 15 is 0 Å². The second-order valence-corrected chi connectivity index (χ2v) is 6.08. The fraction of sp³-hybridized carbons (Fsp3) is 0.500. The largest absolute Gasteiger partial charge is 1.00 e. The summed E-state index contributed by atoms with van der Waals surface area (Å²) in [4.78, 5) is 0. The molecule has 0 heterocycles. The van der Waals surface area contributed by atoms with Crippen LogP contribution in [0, 0.1) is 11.9 Å². The number of rotatable bonds is 3. The number of hydrogen-bond acceptors (Lipinski definition) is 0. The van der Waals surface area contributed by atoms with Crippen LogP contribution < -0.4 is 0 Å². The molecule has 0 atom stereocenters. The maximum atomic E-state index is 11.9. The first-order valence-corrected chi connectivity index (χ1v) is 6.98. The zero-order valence-electron chi connectivity index (χ0n) is 9.56. The Kier molecular flexibility index (Phi) is 14.6. The Balaban J connectivity index is 0. The fourth-order valence-corrected chi connectivity index (χ4v) is 2.38. The second-order valence-electron chi connectivity index (χ2n) is 2.84. The zero-order valence-corrected chi connectivity index (χ0v) is 12.6. The van der Waals surface area contributed by atoms with Crippen LogP contribution in [0.15, 0.2) is 24.3 Å². The van der Waals surface area contributed by atoms with Gasteiger partial charge < -0.3 is 0 Å². The van der Waals surface area contributed by atoms with E-state index in [1.807, 2.05) is 0 Å². The topological polar surface area (TPSA) is 0 Å². The molecule has 1 aromatic carbocycles. The predicted octanol–water partition coefficient (Wildman–Crippen LogP) is 4.15. The Bertz CT molecular complexity index is 207. The summed E-state index contributed by atoms with van der Waals surface area (Å²) in [5.41, 5.74) is 0. The molecule has 0 bridgehead atoms. The maximum absolute atomic E-state index is 11.9. The van der Waals surface area contributed by atoms with Gasteiger partial charge in [0, 0.05) is 5.82 Å². The van der Waals surface area contributed by atoms with Gasteiger partial charge in [0.25, 0.3) is 0 Å². The van der Waals surface area contributed by atoms with Crippen LogP contribution >= 0.6 is 7.92 Å². The third-order valence-electron chi connectivity index (χ3n) is 2.02. The first-order valence-electron chi connectivity index (χ1n) is 5.08. The summed E-state index contributed by atoms with van der Waals surface area (Å²) >= 11 is 0. The third kappa shape index (κ3) is 10.6. The van der Waals surface area contributed by atoms with Crippen molar-refractivity contribution in [1.29, 1.82) is 0 Å². The van der Waals surface area contributed by atoms with E-state index in [1.54, 1.807) is 0 Å². The molecule has 0 nitrogen and oxygen atoms in total. The van der Waals surface area contributed by atoms with Crippen LogP contribution in [-0.2, 0) is 22.4 Å². The van der Waals surface area contributed by atoms with E-state index in [-0.39, 0.29) is 28.2 Å². The maximum Gasteiger partial charge on any atom is 1.00 e. The fourth-order valence-electron chi connectivity index (χ4n) is 1.04. The zero-order chi connectivity index (χ0) is 10.8. The second kappa shape index (κ2) is 12.4. The molecule has 0 aliphatic rings. The molecule has 0 aliphatic heterocycles. The number of halogens is 1. The minimum absolute atomic E-state index is 0. The Morgan fingerprint density at radius 1 is 1.07 bits per heavy atom. The van der Waals surface area contributed by atoms with E-state index in [1.165, 1.54) is 42.8 Å². The quantitative estimate of drug-likeness (QED) is 0.399. The summed E-state index contributed by atoms with van der Waals surface area (Å²) in [7, 11) is 0.446. The molecule has 0 saturated heterocycles. The van der Waals surface area contributed by atoms with Crippen LogP contribution in [0.25, 0.3) is 0 Å². The Morgan fingerprint density at radius 2 is 1.47 bits per heavy atom. The van der Waals surface area contributed by atoms with Gasteiger partial charge in [-0.2, -0.15) is 18.2 Å². The molecule has 1 aromatic rings. The van der Waals surface area contributed by atoms with Crippen molar-refractivity contribution in [3.63, 3.8) is 0 Å². The van der Waals surface area contributed by atoms with Crippen LogP contribution in [0.2, 0.25) is 0 Å². The predicted molar refractivity (Wildman–Crippen MR) is 63.8 cm³/mol. The molecular weight excluding hydrogens is 391 g/mol. The van der Waals surface area contributed by atoms with Gasteiger partial charge in [-0.05, 0) is 18.5 Å². The van der Waals surface area contributed by atoms with Crippen molar-refractivity contribution < 1.29 is 26.8 Å². The van der Waals surface area contributed by atoms with Gasteiger partial charge in [0.15, 0.2) is 0 Å². The molecule has 15 heavy (non-hydrogen) atoms. The van der Waals surface area contributed by atoms with Crippen molar-refractivity contribution in [2.24, 2.45) is 0 Å². The van der Waals surface area contributed by atoms with Gasteiger partial charge >= 0.3 is 22.4 Å². The molecule has 3 heteroatoms. The average Bonchev–Trinajstić information content (AvgIpc) is 2.22. The van der Waals surface area contributed by atoms with Gasteiger partial charge in [-0.3, -0.25) is 0 Å². The van der Waals surface area contributed by atoms with Crippen molar-refractivity contribution >= 4 is 7.92 Å². The number of benzene rings is 1. The van der Waals surface area contributed by atoms with Gasteiger partial charge in [0.2, 0.25) is 0 Å². The van der Waals surface area contributed by atoms with E-state index in [2.05, 4.69) is 26.8 Å². The summed E-state index contributed by atoms with van der Waals surface area (Å²) in [6.45, 7) is 6.87. The van der Waals surface area contributed by atoms with E-state index in [9.17, 15) is 4.39 Å². The summed E-state index contributed by atoms with van der Waals surface area (Å²) < 4.78 is 11.9. The Hall–Kier alpha value is 0.320. The van der Waals surface area contributed by atoms with E-state index in [0.29, 0.717) is 7.92 Å². The van der Waals surface area contributed by atoms with Gasteiger partial charge in [-0.15, -0.1) is 20.1 Å². The molecule has 90 valence electrons. The number of hydrogen-bond donors (Lipinski definition) is 0. The molecule has 0 saturated carbocycles. The first-order chi connectivity index (χ1) is 6.74. The first kappa shape index (κ1) is 17.7. The molecule has 0 fully saturated rings. The van der Waals surface area contributed by atoms with Crippen molar-refractivity contribution in [3.05, 3.63) is 36.1 Å². The van der Waals surface area contributed by atoms with Crippen LogP contribution in [0.5, 0.6) is 0 Å². The minimum atomic E-state index is -0.209. The van der Waals surface area contributed by atoms with Gasteiger partial charge in [0.1, 0.15) is 0 Å². The molecule has 0 aromatic heterocycles. The Labute approximate surface area is 110 Å². The summed E-state index contributed by atoms with van der Waals surface area (Å²) in [5, 5.41) is 0. The summed E-state index contributed by atoms with van der Waals surface area (Å²) in [5.74, 6) is -0.209. The molecule has 0 radical (unpaired) electrons.